The molecule has 0 aliphatic heterocycles. The van der Waals surface area contributed by atoms with Crippen molar-refractivity contribution in [2.24, 2.45) is 0 Å². The molecule has 246 valence electrons. The van der Waals surface area contributed by atoms with Crippen LogP contribution in [0, 0.1) is 0 Å². The molecule has 0 atom stereocenters. The summed E-state index contributed by atoms with van der Waals surface area (Å²) < 4.78 is 21.9. The van der Waals surface area contributed by atoms with E-state index in [0.29, 0.717) is 0 Å². The first-order chi connectivity index (χ1) is 22.4. The Morgan fingerprint density at radius 1 is 0.457 bits per heavy atom. The minimum absolute atomic E-state index is 0.0572. The van der Waals surface area contributed by atoms with Crippen molar-refractivity contribution in [2.45, 2.75) is 90.9 Å². The van der Waals surface area contributed by atoms with Crippen LogP contribution in [0.2, 0.25) is 0 Å². The van der Waals surface area contributed by atoms with Gasteiger partial charge in [-0.2, -0.15) is 0 Å². The molecule has 3 aromatic carbocycles. The van der Waals surface area contributed by atoms with Gasteiger partial charge in [-0.15, -0.1) is 0 Å². The first-order valence-electron chi connectivity index (χ1n) is 16.5. The van der Waals surface area contributed by atoms with Gasteiger partial charge in [-0.3, -0.25) is 0 Å². The van der Waals surface area contributed by atoms with E-state index in [1.165, 1.54) is 87.1 Å². The SMILES string of the molecule is CCCCCCCCOC(=O)c1ccccc1OC(=O)c1cccc(C(=O)Oc2ccccc2C(=O)OCCCCCCCC)c1. The lowest BCUT2D eigenvalue weighted by Crippen LogP contribution is -2.16. The van der Waals surface area contributed by atoms with E-state index < -0.39 is 23.9 Å². The average molecular weight is 631 g/mol. The standard InChI is InChI=1S/C38H46O8/c1-3-5-7-9-11-17-26-43-37(41)31-22-13-15-24-33(31)45-35(39)29-20-19-21-30(28-29)36(40)46-34-25-16-14-23-32(34)38(42)44-27-18-12-10-8-6-4-2/h13-16,19-25,28H,3-12,17-18,26-27H2,1-2H3. The van der Waals surface area contributed by atoms with E-state index in [-0.39, 0.29) is 47.0 Å². The van der Waals surface area contributed by atoms with Crippen LogP contribution >= 0.6 is 0 Å². The van der Waals surface area contributed by atoms with Crippen molar-refractivity contribution in [3.63, 3.8) is 0 Å². The summed E-state index contributed by atoms with van der Waals surface area (Å²) >= 11 is 0. The van der Waals surface area contributed by atoms with Crippen molar-refractivity contribution >= 4 is 23.9 Å². The number of benzene rings is 3. The highest BCUT2D eigenvalue weighted by atomic mass is 16.6. The number of para-hydroxylation sites is 2. The van der Waals surface area contributed by atoms with Crippen molar-refractivity contribution in [2.75, 3.05) is 13.2 Å². The predicted octanol–water partition coefficient (Wildman–Crippen LogP) is 9.16. The molecule has 8 heteroatoms. The summed E-state index contributed by atoms with van der Waals surface area (Å²) in [5, 5.41) is 0. The lowest BCUT2D eigenvalue weighted by molar-refractivity contribution is 0.0480. The Hall–Kier alpha value is -4.46. The van der Waals surface area contributed by atoms with Crippen molar-refractivity contribution in [1.29, 1.82) is 0 Å². The van der Waals surface area contributed by atoms with Gasteiger partial charge in [0.15, 0.2) is 0 Å². The van der Waals surface area contributed by atoms with E-state index in [4.69, 9.17) is 18.9 Å². The Morgan fingerprint density at radius 3 is 1.28 bits per heavy atom. The van der Waals surface area contributed by atoms with Gasteiger partial charge < -0.3 is 18.9 Å². The van der Waals surface area contributed by atoms with E-state index in [9.17, 15) is 19.2 Å². The molecule has 0 N–H and O–H groups in total. The summed E-state index contributed by atoms with van der Waals surface area (Å²) in [7, 11) is 0. The first-order valence-corrected chi connectivity index (χ1v) is 16.5. The smallest absolute Gasteiger partial charge is 0.343 e. The zero-order chi connectivity index (χ0) is 33.0. The van der Waals surface area contributed by atoms with Gasteiger partial charge in [-0.05, 0) is 55.3 Å². The van der Waals surface area contributed by atoms with Crippen LogP contribution in [0.4, 0.5) is 0 Å². The molecule has 0 heterocycles. The second-order valence-corrected chi connectivity index (χ2v) is 11.2. The number of esters is 4. The Morgan fingerprint density at radius 2 is 0.848 bits per heavy atom. The molecule has 0 bridgehead atoms. The maximum atomic E-state index is 13.1. The Bertz CT molecular complexity index is 1310. The number of hydrogen-bond donors (Lipinski definition) is 0. The molecule has 0 aliphatic rings. The fraction of sp³-hybridized carbons (Fsp3) is 0.421. The molecule has 3 aromatic rings. The minimum atomic E-state index is -0.760. The Kier molecular flexibility index (Phi) is 16.1. The molecule has 0 fully saturated rings. The third kappa shape index (κ3) is 12.1. The molecule has 0 saturated carbocycles. The fourth-order valence-corrected chi connectivity index (χ4v) is 4.79. The Balaban J connectivity index is 1.58. The summed E-state index contributed by atoms with van der Waals surface area (Å²) in [6, 6.07) is 18.6. The quantitative estimate of drug-likeness (QED) is 0.0691. The van der Waals surface area contributed by atoms with Crippen LogP contribution in [-0.4, -0.2) is 37.1 Å². The third-order valence-electron chi connectivity index (χ3n) is 7.42. The van der Waals surface area contributed by atoms with Crippen LogP contribution in [0.1, 0.15) is 132 Å². The van der Waals surface area contributed by atoms with Crippen molar-refractivity contribution in [3.05, 3.63) is 95.1 Å². The van der Waals surface area contributed by atoms with Gasteiger partial charge in [0.1, 0.15) is 22.6 Å². The molecule has 0 aromatic heterocycles. The van der Waals surface area contributed by atoms with Crippen molar-refractivity contribution < 1.29 is 38.1 Å². The van der Waals surface area contributed by atoms with Gasteiger partial charge in [0.05, 0.1) is 24.3 Å². The molecule has 0 unspecified atom stereocenters. The number of rotatable bonds is 20. The Labute approximate surface area is 272 Å². The molecule has 0 aliphatic carbocycles. The summed E-state index contributed by atoms with van der Waals surface area (Å²) in [5.41, 5.74) is 0.433. The summed E-state index contributed by atoms with van der Waals surface area (Å²) in [5.74, 6) is -2.55. The van der Waals surface area contributed by atoms with E-state index in [0.717, 1.165) is 38.5 Å². The molecule has 0 spiro atoms. The van der Waals surface area contributed by atoms with Gasteiger partial charge in [-0.1, -0.05) is 108 Å². The lowest BCUT2D eigenvalue weighted by atomic mass is 10.1. The molecule has 0 radical (unpaired) electrons. The molecular weight excluding hydrogens is 584 g/mol. The van der Waals surface area contributed by atoms with Crippen LogP contribution in [0.3, 0.4) is 0 Å². The molecule has 0 saturated heterocycles. The van der Waals surface area contributed by atoms with E-state index >= 15 is 0 Å². The average Bonchev–Trinajstić information content (AvgIpc) is 3.07. The first kappa shape index (κ1) is 36.0. The topological polar surface area (TPSA) is 105 Å². The lowest BCUT2D eigenvalue weighted by Gasteiger charge is -2.12. The third-order valence-corrected chi connectivity index (χ3v) is 7.42. The fourth-order valence-electron chi connectivity index (χ4n) is 4.79. The highest BCUT2D eigenvalue weighted by molar-refractivity contribution is 5.99. The van der Waals surface area contributed by atoms with Gasteiger partial charge in [0.2, 0.25) is 0 Å². The number of carbonyl (C=O) groups is 4. The normalized spacial score (nSPS) is 10.7. The van der Waals surface area contributed by atoms with Crippen LogP contribution in [-0.2, 0) is 9.47 Å². The number of ether oxygens (including phenoxy) is 4. The number of hydrogen-bond acceptors (Lipinski definition) is 8. The summed E-state index contributed by atoms with van der Waals surface area (Å²) in [6.07, 6.45) is 12.8. The number of unbranched alkanes of at least 4 members (excludes halogenated alkanes) is 10. The zero-order valence-electron chi connectivity index (χ0n) is 27.1. The maximum Gasteiger partial charge on any atom is 0.343 e. The van der Waals surface area contributed by atoms with Gasteiger partial charge in [-0.25, -0.2) is 19.2 Å². The molecular formula is C38H46O8. The van der Waals surface area contributed by atoms with Crippen LogP contribution < -0.4 is 9.47 Å². The molecule has 3 rings (SSSR count). The molecule has 8 nitrogen and oxygen atoms in total. The van der Waals surface area contributed by atoms with Crippen molar-refractivity contribution in [1.82, 2.24) is 0 Å². The van der Waals surface area contributed by atoms with E-state index in [1.54, 1.807) is 24.3 Å². The number of carbonyl (C=O) groups excluding carboxylic acids is 4. The maximum absolute atomic E-state index is 13.1. The zero-order valence-corrected chi connectivity index (χ0v) is 27.1. The monoisotopic (exact) mass is 630 g/mol. The highest BCUT2D eigenvalue weighted by Crippen LogP contribution is 2.23. The molecule has 46 heavy (non-hydrogen) atoms. The second-order valence-electron chi connectivity index (χ2n) is 11.2. The largest absolute Gasteiger partial charge is 0.462 e. The van der Waals surface area contributed by atoms with Crippen LogP contribution in [0.25, 0.3) is 0 Å². The van der Waals surface area contributed by atoms with Gasteiger partial charge in [0, 0.05) is 0 Å². The molecule has 0 amide bonds. The minimum Gasteiger partial charge on any atom is -0.462 e. The second kappa shape index (κ2) is 20.5. The summed E-state index contributed by atoms with van der Waals surface area (Å²) in [4.78, 5) is 51.6. The van der Waals surface area contributed by atoms with Crippen LogP contribution in [0.5, 0.6) is 11.5 Å². The van der Waals surface area contributed by atoms with Gasteiger partial charge >= 0.3 is 23.9 Å². The van der Waals surface area contributed by atoms with Crippen molar-refractivity contribution in [3.8, 4) is 11.5 Å². The van der Waals surface area contributed by atoms with E-state index in [2.05, 4.69) is 13.8 Å². The summed E-state index contributed by atoms with van der Waals surface area (Å²) in [6.45, 7) is 4.90. The predicted molar refractivity (Wildman–Crippen MR) is 177 cm³/mol. The van der Waals surface area contributed by atoms with Crippen LogP contribution in [0.15, 0.2) is 72.8 Å². The highest BCUT2D eigenvalue weighted by Gasteiger charge is 2.20. The van der Waals surface area contributed by atoms with E-state index in [1.807, 2.05) is 0 Å². The van der Waals surface area contributed by atoms with Gasteiger partial charge in [0.25, 0.3) is 0 Å².